The van der Waals surface area contributed by atoms with Crippen molar-refractivity contribution in [2.75, 3.05) is 19.7 Å². The number of rotatable bonds is 7. The summed E-state index contributed by atoms with van der Waals surface area (Å²) in [7, 11) is -2.84. The smallest absolute Gasteiger partial charge is 0.277 e. The van der Waals surface area contributed by atoms with Crippen LogP contribution in [-0.2, 0) is 9.09 Å². The fraction of sp³-hybridized carbons (Fsp3) is 1.00. The Balaban J connectivity index is 2.13. The van der Waals surface area contributed by atoms with Crippen molar-refractivity contribution in [3.05, 3.63) is 0 Å². The van der Waals surface area contributed by atoms with Gasteiger partial charge in [0.15, 0.2) is 0 Å². The summed E-state index contributed by atoms with van der Waals surface area (Å²) in [4.78, 5) is 0. The van der Waals surface area contributed by atoms with Gasteiger partial charge in [0.2, 0.25) is 0 Å². The van der Waals surface area contributed by atoms with Crippen LogP contribution in [0.1, 0.15) is 92.9 Å². The molecule has 0 amide bonds. The van der Waals surface area contributed by atoms with Crippen molar-refractivity contribution in [3.8, 4) is 0 Å². The highest BCUT2D eigenvalue weighted by atomic mass is 31.2. The van der Waals surface area contributed by atoms with Gasteiger partial charge in [-0.05, 0) is 63.7 Å². The third-order valence-corrected chi connectivity index (χ3v) is 10.1. The molecule has 148 valence electrons. The largest absolute Gasteiger partial charge is 0.316 e. The molecule has 2 fully saturated rings. The third kappa shape index (κ3) is 4.90. The minimum absolute atomic E-state index is 0.138. The molecule has 2 rings (SSSR count). The van der Waals surface area contributed by atoms with Crippen molar-refractivity contribution in [1.82, 2.24) is 4.67 Å². The molecule has 1 saturated heterocycles. The van der Waals surface area contributed by atoms with E-state index < -0.39 is 7.52 Å². The Morgan fingerprint density at radius 1 is 1.04 bits per heavy atom. The van der Waals surface area contributed by atoms with Crippen LogP contribution in [0.5, 0.6) is 0 Å². The molecule has 0 spiro atoms. The third-order valence-electron chi connectivity index (χ3n) is 6.78. The Bertz CT molecular complexity index is 473. The normalized spacial score (nSPS) is 30.3. The second kappa shape index (κ2) is 8.44. The first-order valence-corrected chi connectivity index (χ1v) is 12.2. The molecule has 1 aliphatic carbocycles. The van der Waals surface area contributed by atoms with Crippen LogP contribution in [0.2, 0.25) is 0 Å². The number of fused-ring (bicyclic) bond motifs is 1. The Hall–Kier alpha value is 0.150. The summed E-state index contributed by atoms with van der Waals surface area (Å²) >= 11 is 0. The highest BCUT2D eigenvalue weighted by Gasteiger charge is 2.47. The molecule has 0 aromatic carbocycles. The number of hydrogen-bond donors (Lipinski definition) is 0. The molecule has 0 bridgehead atoms. The van der Waals surface area contributed by atoms with Gasteiger partial charge in [-0.1, -0.05) is 46.5 Å². The molecule has 4 atom stereocenters. The predicted molar refractivity (Wildman–Crippen MR) is 108 cm³/mol. The zero-order chi connectivity index (χ0) is 18.7. The standard InChI is InChI=1S/C21H42NO2P/c1-7-14-21(6,8-2)17-24-25(23,20(3,4)5)22-15-13-18-11-9-10-12-19(18)16-22/h18-19H,7-17H2,1-6H3. The van der Waals surface area contributed by atoms with Crippen LogP contribution in [0.3, 0.4) is 0 Å². The van der Waals surface area contributed by atoms with E-state index in [0.717, 1.165) is 44.2 Å². The number of nitrogens with zero attached hydrogens (tertiary/aromatic N) is 1. The molecule has 25 heavy (non-hydrogen) atoms. The Labute approximate surface area is 156 Å². The van der Waals surface area contributed by atoms with Gasteiger partial charge in [-0.3, -0.25) is 4.57 Å². The van der Waals surface area contributed by atoms with Crippen LogP contribution in [0.15, 0.2) is 0 Å². The maximum atomic E-state index is 14.1. The van der Waals surface area contributed by atoms with Crippen molar-refractivity contribution < 1.29 is 9.09 Å². The zero-order valence-electron chi connectivity index (χ0n) is 17.6. The summed E-state index contributed by atoms with van der Waals surface area (Å²) in [6, 6.07) is 0. The fourth-order valence-corrected chi connectivity index (χ4v) is 7.41. The van der Waals surface area contributed by atoms with E-state index in [9.17, 15) is 4.57 Å². The molecule has 1 saturated carbocycles. The number of hydrogen-bond acceptors (Lipinski definition) is 2. The average Bonchev–Trinajstić information content (AvgIpc) is 2.58. The van der Waals surface area contributed by atoms with Crippen LogP contribution < -0.4 is 0 Å². The molecule has 4 unspecified atom stereocenters. The first-order valence-electron chi connectivity index (χ1n) is 10.7. The minimum Gasteiger partial charge on any atom is -0.316 e. The lowest BCUT2D eigenvalue weighted by Crippen LogP contribution is -2.44. The molecule has 0 aromatic rings. The van der Waals surface area contributed by atoms with E-state index >= 15 is 0 Å². The van der Waals surface area contributed by atoms with Crippen molar-refractivity contribution in [3.63, 3.8) is 0 Å². The maximum Gasteiger partial charge on any atom is 0.277 e. The van der Waals surface area contributed by atoms with Crippen LogP contribution >= 0.6 is 7.52 Å². The summed E-state index contributed by atoms with van der Waals surface area (Å²) in [6.07, 6.45) is 10.0. The van der Waals surface area contributed by atoms with Gasteiger partial charge in [-0.2, -0.15) is 0 Å². The molecule has 1 aliphatic heterocycles. The van der Waals surface area contributed by atoms with E-state index in [-0.39, 0.29) is 10.6 Å². The van der Waals surface area contributed by atoms with E-state index in [1.165, 1.54) is 32.1 Å². The summed E-state index contributed by atoms with van der Waals surface area (Å²) in [5, 5.41) is -0.324. The van der Waals surface area contributed by atoms with Gasteiger partial charge in [0.05, 0.1) is 11.8 Å². The molecule has 1 heterocycles. The van der Waals surface area contributed by atoms with Gasteiger partial charge in [0.1, 0.15) is 0 Å². The van der Waals surface area contributed by atoms with Crippen LogP contribution in [0.4, 0.5) is 0 Å². The molecule has 2 aliphatic rings. The summed E-state index contributed by atoms with van der Waals surface area (Å²) in [5.74, 6) is 1.59. The van der Waals surface area contributed by atoms with E-state index in [4.69, 9.17) is 4.52 Å². The number of piperidine rings is 1. The van der Waals surface area contributed by atoms with E-state index in [1.54, 1.807) is 0 Å². The molecule has 0 N–H and O–H groups in total. The quantitative estimate of drug-likeness (QED) is 0.465. The maximum absolute atomic E-state index is 14.1. The summed E-state index contributed by atoms with van der Waals surface area (Å²) in [5.41, 5.74) is 0.138. The van der Waals surface area contributed by atoms with Crippen molar-refractivity contribution in [2.24, 2.45) is 17.3 Å². The van der Waals surface area contributed by atoms with Crippen LogP contribution in [0.25, 0.3) is 0 Å². The molecular formula is C21H42NO2P. The molecule has 4 heteroatoms. The van der Waals surface area contributed by atoms with Gasteiger partial charge >= 0.3 is 0 Å². The monoisotopic (exact) mass is 371 g/mol. The lowest BCUT2D eigenvalue weighted by atomic mass is 9.76. The first-order chi connectivity index (χ1) is 11.6. The van der Waals surface area contributed by atoms with Gasteiger partial charge in [-0.15, -0.1) is 0 Å². The summed E-state index contributed by atoms with van der Waals surface area (Å²) < 4.78 is 22.8. The van der Waals surface area contributed by atoms with Crippen molar-refractivity contribution in [1.29, 1.82) is 0 Å². The highest BCUT2D eigenvalue weighted by Crippen LogP contribution is 2.63. The summed E-state index contributed by atoms with van der Waals surface area (Å²) in [6.45, 7) is 15.6. The second-order valence-electron chi connectivity index (χ2n) is 9.88. The Morgan fingerprint density at radius 3 is 2.24 bits per heavy atom. The van der Waals surface area contributed by atoms with Gasteiger partial charge in [0, 0.05) is 13.1 Å². The lowest BCUT2D eigenvalue weighted by molar-refractivity contribution is 0.0952. The van der Waals surface area contributed by atoms with Gasteiger partial charge in [-0.25, -0.2) is 4.67 Å². The second-order valence-corrected chi connectivity index (χ2v) is 13.1. The van der Waals surface area contributed by atoms with E-state index in [1.807, 2.05) is 0 Å². The SMILES string of the molecule is CCCC(C)(CC)COP(=O)(N1CCC2CCCCC2C1)C(C)(C)C. The van der Waals surface area contributed by atoms with Gasteiger partial charge < -0.3 is 4.52 Å². The van der Waals surface area contributed by atoms with E-state index in [2.05, 4.69) is 46.2 Å². The average molecular weight is 372 g/mol. The predicted octanol–water partition coefficient (Wildman–Crippen LogP) is 6.72. The van der Waals surface area contributed by atoms with E-state index in [0.29, 0.717) is 6.61 Å². The first kappa shape index (κ1) is 21.5. The Kier molecular flexibility index (Phi) is 7.25. The van der Waals surface area contributed by atoms with Crippen LogP contribution in [-0.4, -0.2) is 29.5 Å². The van der Waals surface area contributed by atoms with Crippen molar-refractivity contribution >= 4 is 7.52 Å². The molecule has 3 nitrogen and oxygen atoms in total. The Morgan fingerprint density at radius 2 is 1.68 bits per heavy atom. The highest BCUT2D eigenvalue weighted by molar-refractivity contribution is 7.58. The lowest BCUT2D eigenvalue weighted by Gasteiger charge is -2.47. The van der Waals surface area contributed by atoms with Crippen molar-refractivity contribution in [2.45, 2.75) is 98.1 Å². The molecule has 0 aromatic heterocycles. The molecular weight excluding hydrogens is 329 g/mol. The minimum atomic E-state index is -2.84. The van der Waals surface area contributed by atoms with Crippen LogP contribution in [0, 0.1) is 17.3 Å². The fourth-order valence-electron chi connectivity index (χ4n) is 4.72. The molecule has 0 radical (unpaired) electrons. The zero-order valence-corrected chi connectivity index (χ0v) is 18.5. The topological polar surface area (TPSA) is 29.5 Å². The van der Waals surface area contributed by atoms with Gasteiger partial charge in [0.25, 0.3) is 7.52 Å².